The summed E-state index contributed by atoms with van der Waals surface area (Å²) in [6.45, 7) is 3.94. The van der Waals surface area contributed by atoms with E-state index in [2.05, 4.69) is 0 Å². The average molecular weight is 297 g/mol. The number of fused-ring (bicyclic) bond motifs is 1. The monoisotopic (exact) mass is 297 g/mol. The van der Waals surface area contributed by atoms with Crippen molar-refractivity contribution in [3.05, 3.63) is 65.7 Å². The van der Waals surface area contributed by atoms with E-state index in [0.29, 0.717) is 11.1 Å². The molecule has 0 aliphatic carbocycles. The second-order valence-electron chi connectivity index (χ2n) is 5.56. The zero-order valence-electron chi connectivity index (χ0n) is 12.4. The quantitative estimate of drug-likeness (QED) is 0.769. The van der Waals surface area contributed by atoms with Crippen LogP contribution in [-0.2, 0) is 0 Å². The zero-order chi connectivity index (χ0) is 15.9. The highest BCUT2D eigenvalue weighted by molar-refractivity contribution is 6.03. The summed E-state index contributed by atoms with van der Waals surface area (Å²) in [7, 11) is 0. The molecule has 0 fully saturated rings. The highest BCUT2D eigenvalue weighted by Gasteiger charge is 2.25. The first-order valence-corrected chi connectivity index (χ1v) is 7.13. The zero-order valence-corrected chi connectivity index (χ0v) is 12.4. The lowest BCUT2D eigenvalue weighted by Crippen LogP contribution is -2.05. The third-order valence-electron chi connectivity index (χ3n) is 3.78. The van der Waals surface area contributed by atoms with Crippen LogP contribution in [0.15, 0.2) is 48.7 Å². The molecule has 22 heavy (non-hydrogen) atoms. The van der Waals surface area contributed by atoms with Gasteiger partial charge in [-0.3, -0.25) is 0 Å². The van der Waals surface area contributed by atoms with Gasteiger partial charge in [0.05, 0.1) is 11.1 Å². The number of hydrogen-bond acceptors (Lipinski definition) is 1. The minimum absolute atomic E-state index is 0.0511. The Hall–Kier alpha value is -2.62. The van der Waals surface area contributed by atoms with Crippen molar-refractivity contribution in [2.75, 3.05) is 0 Å². The van der Waals surface area contributed by atoms with E-state index in [4.69, 9.17) is 0 Å². The van der Waals surface area contributed by atoms with E-state index in [1.54, 1.807) is 12.1 Å². The Kier molecular flexibility index (Phi) is 3.45. The van der Waals surface area contributed by atoms with Crippen LogP contribution in [0.3, 0.4) is 0 Å². The number of benzene rings is 1. The number of halogens is 1. The number of aromatic nitrogens is 1. The Morgan fingerprint density at radius 1 is 1.14 bits per heavy atom. The molecule has 0 spiro atoms. The van der Waals surface area contributed by atoms with Crippen molar-refractivity contribution in [1.29, 1.82) is 0 Å². The van der Waals surface area contributed by atoms with E-state index in [-0.39, 0.29) is 17.3 Å². The summed E-state index contributed by atoms with van der Waals surface area (Å²) in [4.78, 5) is 11.9. The maximum Gasteiger partial charge on any atom is 0.338 e. The van der Waals surface area contributed by atoms with Crippen LogP contribution in [0.1, 0.15) is 35.8 Å². The van der Waals surface area contributed by atoms with Crippen LogP contribution < -0.4 is 0 Å². The molecule has 3 nitrogen and oxygen atoms in total. The van der Waals surface area contributed by atoms with Gasteiger partial charge in [0.2, 0.25) is 0 Å². The van der Waals surface area contributed by atoms with Gasteiger partial charge in [-0.05, 0) is 35.7 Å². The molecule has 112 valence electrons. The van der Waals surface area contributed by atoms with Crippen molar-refractivity contribution in [3.63, 3.8) is 0 Å². The molecule has 0 saturated heterocycles. The van der Waals surface area contributed by atoms with Crippen LogP contribution in [-0.4, -0.2) is 15.5 Å². The highest BCUT2D eigenvalue weighted by atomic mass is 19.1. The largest absolute Gasteiger partial charge is 0.478 e. The van der Waals surface area contributed by atoms with Gasteiger partial charge in [0.1, 0.15) is 5.82 Å². The van der Waals surface area contributed by atoms with Gasteiger partial charge in [0.15, 0.2) is 0 Å². The van der Waals surface area contributed by atoms with Gasteiger partial charge in [-0.25, -0.2) is 9.18 Å². The van der Waals surface area contributed by atoms with Crippen LogP contribution in [0.25, 0.3) is 16.6 Å². The Morgan fingerprint density at radius 2 is 1.82 bits per heavy atom. The van der Waals surface area contributed by atoms with Gasteiger partial charge < -0.3 is 9.51 Å². The highest BCUT2D eigenvalue weighted by Crippen LogP contribution is 2.36. The molecule has 1 aromatic carbocycles. The fourth-order valence-electron chi connectivity index (χ4n) is 2.93. The number of hydrogen-bond donors (Lipinski definition) is 1. The van der Waals surface area contributed by atoms with E-state index in [0.717, 1.165) is 11.2 Å². The first kappa shape index (κ1) is 14.3. The van der Waals surface area contributed by atoms with Gasteiger partial charge in [-0.1, -0.05) is 32.0 Å². The van der Waals surface area contributed by atoms with Crippen LogP contribution in [0.2, 0.25) is 0 Å². The normalized spacial score (nSPS) is 11.3. The van der Waals surface area contributed by atoms with E-state index in [1.807, 2.05) is 42.6 Å². The summed E-state index contributed by atoms with van der Waals surface area (Å²) < 4.78 is 15.1. The molecule has 0 aliphatic rings. The van der Waals surface area contributed by atoms with E-state index in [1.165, 1.54) is 12.1 Å². The molecule has 0 unspecified atom stereocenters. The Bertz CT molecular complexity index is 847. The van der Waals surface area contributed by atoms with Gasteiger partial charge >= 0.3 is 5.97 Å². The maximum atomic E-state index is 13.2. The molecular formula is C18H16FNO2. The molecule has 3 aromatic rings. The second kappa shape index (κ2) is 5.30. The lowest BCUT2D eigenvalue weighted by Gasteiger charge is -2.07. The predicted molar refractivity (Wildman–Crippen MR) is 83.8 cm³/mol. The van der Waals surface area contributed by atoms with E-state index in [9.17, 15) is 14.3 Å². The van der Waals surface area contributed by atoms with Crippen LogP contribution in [0.5, 0.6) is 0 Å². The van der Waals surface area contributed by atoms with Crippen molar-refractivity contribution in [2.45, 2.75) is 19.8 Å². The second-order valence-corrected chi connectivity index (χ2v) is 5.56. The van der Waals surface area contributed by atoms with Crippen LogP contribution >= 0.6 is 0 Å². The minimum Gasteiger partial charge on any atom is -0.478 e. The molecule has 3 rings (SSSR count). The van der Waals surface area contributed by atoms with Gasteiger partial charge in [0.25, 0.3) is 0 Å². The predicted octanol–water partition coefficient (Wildman–Crippen LogP) is 4.57. The lowest BCUT2D eigenvalue weighted by atomic mass is 9.97. The smallest absolute Gasteiger partial charge is 0.338 e. The third-order valence-corrected chi connectivity index (χ3v) is 3.78. The molecule has 2 heterocycles. The number of rotatable bonds is 3. The number of carboxylic acid groups (broad SMARTS) is 1. The number of pyridine rings is 1. The Labute approximate surface area is 127 Å². The van der Waals surface area contributed by atoms with Crippen LogP contribution in [0, 0.1) is 5.82 Å². The fraction of sp³-hybridized carbons (Fsp3) is 0.167. The van der Waals surface area contributed by atoms with E-state index < -0.39 is 5.97 Å². The molecule has 0 atom stereocenters. The first-order valence-electron chi connectivity index (χ1n) is 7.13. The molecule has 0 amide bonds. The summed E-state index contributed by atoms with van der Waals surface area (Å²) in [6.07, 6.45) is 1.87. The van der Waals surface area contributed by atoms with Gasteiger partial charge in [0, 0.05) is 17.5 Å². The Balaban J connectivity index is 2.44. The van der Waals surface area contributed by atoms with Gasteiger partial charge in [-0.15, -0.1) is 0 Å². The first-order chi connectivity index (χ1) is 10.5. The number of carboxylic acids is 1. The molecular weight excluding hydrogens is 281 g/mol. The molecule has 4 heteroatoms. The topological polar surface area (TPSA) is 41.7 Å². The number of carbonyl (C=O) groups is 1. The molecule has 0 radical (unpaired) electrons. The summed E-state index contributed by atoms with van der Waals surface area (Å²) in [5.74, 6) is -1.25. The molecule has 0 bridgehead atoms. The van der Waals surface area contributed by atoms with Gasteiger partial charge in [-0.2, -0.15) is 0 Å². The average Bonchev–Trinajstić information content (AvgIpc) is 2.83. The number of aromatic carboxylic acids is 1. The lowest BCUT2D eigenvalue weighted by molar-refractivity contribution is 0.0696. The fourth-order valence-corrected chi connectivity index (χ4v) is 2.93. The standard InChI is InChI=1S/C18H16FNO2/c1-11(2)17-16(18(21)22)15(12-6-8-13(19)9-7-12)14-5-3-4-10-20(14)17/h3-11H,1-2H3,(H,21,22). The maximum absolute atomic E-state index is 13.2. The summed E-state index contributed by atoms with van der Waals surface area (Å²) in [5, 5.41) is 9.72. The molecule has 0 saturated carbocycles. The van der Waals surface area contributed by atoms with Crippen LogP contribution in [0.4, 0.5) is 4.39 Å². The number of nitrogens with zero attached hydrogens (tertiary/aromatic N) is 1. The van der Waals surface area contributed by atoms with Crippen molar-refractivity contribution >= 4 is 11.5 Å². The third kappa shape index (κ3) is 2.17. The van der Waals surface area contributed by atoms with Crippen molar-refractivity contribution in [1.82, 2.24) is 4.40 Å². The van der Waals surface area contributed by atoms with Crippen molar-refractivity contribution in [2.24, 2.45) is 0 Å². The van der Waals surface area contributed by atoms with Crippen molar-refractivity contribution in [3.8, 4) is 11.1 Å². The summed E-state index contributed by atoms with van der Waals surface area (Å²) in [6, 6.07) is 11.6. The Morgan fingerprint density at radius 3 is 2.41 bits per heavy atom. The SMILES string of the molecule is CC(C)c1c(C(=O)O)c(-c2ccc(F)cc2)c2ccccn12. The molecule has 2 aromatic heterocycles. The summed E-state index contributed by atoms with van der Waals surface area (Å²) >= 11 is 0. The summed E-state index contributed by atoms with van der Waals surface area (Å²) in [5.41, 5.74) is 3.19. The molecule has 0 aliphatic heterocycles. The van der Waals surface area contributed by atoms with E-state index >= 15 is 0 Å². The minimum atomic E-state index is -0.966. The van der Waals surface area contributed by atoms with Crippen molar-refractivity contribution < 1.29 is 14.3 Å². The molecule has 1 N–H and O–H groups in total.